The van der Waals surface area contributed by atoms with Gasteiger partial charge in [-0.15, -0.1) is 0 Å². The third kappa shape index (κ3) is 5.31. The molecule has 13 atom stereocenters. The summed E-state index contributed by atoms with van der Waals surface area (Å²) >= 11 is 0. The Morgan fingerprint density at radius 1 is 1.03 bits per heavy atom. The number of hydrogen-bond acceptors (Lipinski definition) is 6. The molecule has 38 heavy (non-hydrogen) atoms. The lowest BCUT2D eigenvalue weighted by Gasteiger charge is -2.65. The summed E-state index contributed by atoms with van der Waals surface area (Å²) in [5, 5.41) is 36.8. The maximum atomic E-state index is 12.5. The Kier molecular flexibility index (Phi) is 8.68. The van der Waals surface area contributed by atoms with Gasteiger partial charge in [0, 0.05) is 12.5 Å². The number of nitrogens with one attached hydrogen (secondary N) is 1. The number of hydrogen-bond donors (Lipinski definition) is 5. The van der Waals surface area contributed by atoms with Crippen molar-refractivity contribution in [3.05, 3.63) is 0 Å². The molecule has 5 N–H and O–H groups in total. The topological polar surface area (TPSA) is 144 Å². The van der Waals surface area contributed by atoms with E-state index in [9.17, 15) is 28.5 Å². The summed E-state index contributed by atoms with van der Waals surface area (Å²) in [6, 6.07) is -0.663. The largest absolute Gasteiger partial charge is 0.393 e. The predicted molar refractivity (Wildman–Crippen MR) is 146 cm³/mol. The molecule has 0 aromatic rings. The van der Waals surface area contributed by atoms with E-state index in [0.29, 0.717) is 12.8 Å². The van der Waals surface area contributed by atoms with Crippen molar-refractivity contribution in [3.63, 3.8) is 0 Å². The van der Waals surface area contributed by atoms with Crippen LogP contribution in [0.25, 0.3) is 0 Å². The molecule has 0 radical (unpaired) electrons. The Labute approximate surface area is 229 Å². The minimum Gasteiger partial charge on any atom is -0.393 e. The summed E-state index contributed by atoms with van der Waals surface area (Å²) in [5.41, 5.74) is -0.307. The molecule has 4 saturated carbocycles. The van der Waals surface area contributed by atoms with Gasteiger partial charge >= 0.3 is 0 Å². The van der Waals surface area contributed by atoms with Crippen molar-refractivity contribution >= 4 is 16.0 Å². The number of aliphatic hydroxyl groups excluding tert-OH is 3. The predicted octanol–water partition coefficient (Wildman–Crippen LogP) is 3.39. The first kappa shape index (κ1) is 30.2. The van der Waals surface area contributed by atoms with E-state index in [1.807, 2.05) is 0 Å². The number of carbonyl (C=O) groups excluding carboxylic acids is 1. The fourth-order valence-corrected chi connectivity index (χ4v) is 10.9. The first-order valence-electron chi connectivity index (χ1n) is 14.9. The second kappa shape index (κ2) is 10.9. The highest BCUT2D eigenvalue weighted by Gasteiger charge is 2.67. The molecule has 0 aromatic carbocycles. The van der Waals surface area contributed by atoms with Gasteiger partial charge in [0.15, 0.2) is 0 Å². The van der Waals surface area contributed by atoms with Gasteiger partial charge in [0.1, 0.15) is 0 Å². The molecule has 9 heteroatoms. The average Bonchev–Trinajstić information content (AvgIpc) is 3.17. The average molecular weight is 558 g/mol. The Balaban J connectivity index is 1.49. The molecule has 8 nitrogen and oxygen atoms in total. The minimum absolute atomic E-state index is 0.0205. The van der Waals surface area contributed by atoms with Gasteiger partial charge < -0.3 is 20.6 Å². The van der Waals surface area contributed by atoms with E-state index >= 15 is 0 Å². The van der Waals surface area contributed by atoms with E-state index in [-0.39, 0.29) is 70.7 Å². The Bertz CT molecular complexity index is 974. The molecule has 0 saturated heterocycles. The summed E-state index contributed by atoms with van der Waals surface area (Å²) in [7, 11) is -4.15. The van der Waals surface area contributed by atoms with Crippen LogP contribution in [0, 0.1) is 52.3 Å². The summed E-state index contributed by atoms with van der Waals surface area (Å²) in [5.74, 6) is 0.742. The molecule has 4 aliphatic carbocycles. The molecule has 0 aromatic heterocycles. The van der Waals surface area contributed by atoms with E-state index in [4.69, 9.17) is 4.55 Å². The first-order valence-corrected chi connectivity index (χ1v) is 16.5. The number of carbonyl (C=O) groups is 1. The quantitative estimate of drug-likeness (QED) is 0.288. The monoisotopic (exact) mass is 557 g/mol. The summed E-state index contributed by atoms with van der Waals surface area (Å²) in [6.45, 7) is 10.4. The molecule has 4 fully saturated rings. The van der Waals surface area contributed by atoms with Crippen LogP contribution in [0.3, 0.4) is 0 Å². The zero-order valence-corrected chi connectivity index (χ0v) is 24.7. The molecular weight excluding hydrogens is 506 g/mol. The number of amides is 1. The van der Waals surface area contributed by atoms with E-state index in [2.05, 4.69) is 33.0 Å². The van der Waals surface area contributed by atoms with Crippen LogP contribution in [0.15, 0.2) is 0 Å². The maximum Gasteiger partial charge on any atom is 0.266 e. The van der Waals surface area contributed by atoms with E-state index in [1.54, 1.807) is 6.92 Å². The lowest BCUT2D eigenvalue weighted by atomic mass is 9.41. The fourth-order valence-electron chi connectivity index (χ4n) is 10.2. The van der Waals surface area contributed by atoms with Crippen molar-refractivity contribution in [1.82, 2.24) is 5.32 Å². The standard InChI is InChI=1S/C29H51NO7S/c1-6-19-22-13-18(31)11-12-28(22,4)23-14-24(32)29(5)20(8-9-21(29)26(23)27(19)34)16(2)7-10-25(33)30-17(3)15-38(35,36)37/h16-24,26-27,31-32,34H,6-15H2,1-5H3,(H,30,33)(H,35,36,37). The summed E-state index contributed by atoms with van der Waals surface area (Å²) in [4.78, 5) is 12.5. The zero-order valence-electron chi connectivity index (χ0n) is 23.8. The highest BCUT2D eigenvalue weighted by molar-refractivity contribution is 7.85. The van der Waals surface area contributed by atoms with E-state index < -0.39 is 34.1 Å². The smallest absolute Gasteiger partial charge is 0.266 e. The molecule has 13 unspecified atom stereocenters. The van der Waals surface area contributed by atoms with Gasteiger partial charge in [0.25, 0.3) is 10.1 Å². The van der Waals surface area contributed by atoms with Crippen LogP contribution in [-0.4, -0.2) is 64.3 Å². The SMILES string of the molecule is CCC1C(O)C2C(CC(O)C3(C)C(C(C)CCC(=O)NC(C)CS(=O)(=O)O)CCC23)C2(C)CCC(O)CC12. The second-order valence-corrected chi connectivity index (χ2v) is 15.4. The number of fused-ring (bicyclic) bond motifs is 5. The Morgan fingerprint density at radius 2 is 1.71 bits per heavy atom. The van der Waals surface area contributed by atoms with E-state index in [1.165, 1.54) is 0 Å². The summed E-state index contributed by atoms with van der Waals surface area (Å²) in [6.07, 6.45) is 5.72. The zero-order chi connectivity index (χ0) is 28.2. The van der Waals surface area contributed by atoms with Crippen molar-refractivity contribution in [1.29, 1.82) is 0 Å². The van der Waals surface area contributed by atoms with Gasteiger partial charge in [-0.2, -0.15) is 8.42 Å². The maximum absolute atomic E-state index is 12.5. The third-order valence-corrected chi connectivity index (χ3v) is 12.9. The second-order valence-electron chi connectivity index (χ2n) is 13.9. The lowest BCUT2D eigenvalue weighted by molar-refractivity contribution is -0.228. The van der Waals surface area contributed by atoms with E-state index in [0.717, 1.165) is 38.5 Å². The lowest BCUT2D eigenvalue weighted by Crippen LogP contribution is -2.65. The van der Waals surface area contributed by atoms with Crippen LogP contribution >= 0.6 is 0 Å². The highest BCUT2D eigenvalue weighted by Crippen LogP contribution is 2.69. The van der Waals surface area contributed by atoms with Crippen LogP contribution in [0.5, 0.6) is 0 Å². The van der Waals surface area contributed by atoms with Crippen molar-refractivity contribution < 1.29 is 33.1 Å². The fraction of sp³-hybridized carbons (Fsp3) is 0.966. The molecule has 4 aliphatic rings. The minimum atomic E-state index is -4.15. The molecule has 1 amide bonds. The van der Waals surface area contributed by atoms with Crippen molar-refractivity contribution in [2.75, 3.05) is 5.75 Å². The Hall–Kier alpha value is -0.740. The highest BCUT2D eigenvalue weighted by atomic mass is 32.2. The molecule has 0 aliphatic heterocycles. The number of rotatable bonds is 8. The molecule has 0 heterocycles. The first-order chi connectivity index (χ1) is 17.6. The number of aliphatic hydroxyl groups is 3. The molecule has 0 bridgehead atoms. The third-order valence-electron chi connectivity index (χ3n) is 12.0. The van der Waals surface area contributed by atoms with Crippen LogP contribution in [0.4, 0.5) is 0 Å². The van der Waals surface area contributed by atoms with Gasteiger partial charge in [-0.1, -0.05) is 34.1 Å². The van der Waals surface area contributed by atoms with Crippen LogP contribution in [-0.2, 0) is 14.9 Å². The molecule has 4 rings (SSSR count). The van der Waals surface area contributed by atoms with Crippen LogP contribution < -0.4 is 5.32 Å². The van der Waals surface area contributed by atoms with Crippen LogP contribution in [0.1, 0.15) is 92.4 Å². The van der Waals surface area contributed by atoms with Gasteiger partial charge in [-0.25, -0.2) is 0 Å². The summed E-state index contributed by atoms with van der Waals surface area (Å²) < 4.78 is 31.2. The van der Waals surface area contributed by atoms with Gasteiger partial charge in [0.05, 0.1) is 24.1 Å². The molecule has 0 spiro atoms. The molecular formula is C29H51NO7S. The van der Waals surface area contributed by atoms with Crippen molar-refractivity contribution in [2.24, 2.45) is 52.3 Å². The van der Waals surface area contributed by atoms with Crippen molar-refractivity contribution in [3.8, 4) is 0 Å². The van der Waals surface area contributed by atoms with Crippen molar-refractivity contribution in [2.45, 2.75) is 117 Å². The normalized spacial score (nSPS) is 46.4. The van der Waals surface area contributed by atoms with Gasteiger partial charge in [-0.3, -0.25) is 9.35 Å². The molecule has 220 valence electrons. The van der Waals surface area contributed by atoms with Crippen LogP contribution in [0.2, 0.25) is 0 Å². The van der Waals surface area contributed by atoms with Gasteiger partial charge in [0.2, 0.25) is 5.91 Å². The Morgan fingerprint density at radius 3 is 2.34 bits per heavy atom. The van der Waals surface area contributed by atoms with Gasteiger partial charge in [-0.05, 0) is 104 Å².